The molecule has 7 nitrogen and oxygen atoms in total. The molecule has 1 unspecified atom stereocenters. The van der Waals surface area contributed by atoms with Crippen LogP contribution in [0.4, 0.5) is 5.69 Å². The molecule has 1 aliphatic heterocycles. The predicted octanol–water partition coefficient (Wildman–Crippen LogP) is 4.56. The molecule has 1 saturated heterocycles. The van der Waals surface area contributed by atoms with Gasteiger partial charge >= 0.3 is 0 Å². The summed E-state index contributed by atoms with van der Waals surface area (Å²) in [6.45, 7) is 6.32. The van der Waals surface area contributed by atoms with Gasteiger partial charge in [-0.25, -0.2) is 0 Å². The van der Waals surface area contributed by atoms with Crippen LogP contribution in [0, 0.1) is 6.92 Å². The van der Waals surface area contributed by atoms with E-state index in [2.05, 4.69) is 43.0 Å². The second-order valence-corrected chi connectivity index (χ2v) is 8.59. The topological polar surface area (TPSA) is 64.4 Å². The lowest BCUT2D eigenvalue weighted by molar-refractivity contribution is 0.0692. The summed E-state index contributed by atoms with van der Waals surface area (Å²) in [5.41, 5.74) is 3.26. The summed E-state index contributed by atoms with van der Waals surface area (Å²) in [5.74, 6) is 2.85. The molecule has 0 aliphatic carbocycles. The molecule has 0 saturated carbocycles. The third-order valence-corrected chi connectivity index (χ3v) is 6.29. The summed E-state index contributed by atoms with van der Waals surface area (Å²) >= 11 is 0. The number of hydrogen-bond donors (Lipinski definition) is 0. The van der Waals surface area contributed by atoms with Gasteiger partial charge in [0.05, 0.1) is 21.3 Å². The zero-order valence-corrected chi connectivity index (χ0v) is 20.5. The van der Waals surface area contributed by atoms with E-state index in [0.29, 0.717) is 48.3 Å². The summed E-state index contributed by atoms with van der Waals surface area (Å²) in [6, 6.07) is 15.9. The highest BCUT2D eigenvalue weighted by Crippen LogP contribution is 2.36. The lowest BCUT2D eigenvalue weighted by atomic mass is 10.1. The number of ether oxygens (including phenoxy) is 3. The van der Waals surface area contributed by atoms with E-state index in [0.717, 1.165) is 12.1 Å². The van der Waals surface area contributed by atoms with Gasteiger partial charge in [0.1, 0.15) is 23.0 Å². The third kappa shape index (κ3) is 4.83. The van der Waals surface area contributed by atoms with Crippen molar-refractivity contribution in [3.63, 3.8) is 0 Å². The number of carbonyl (C=O) groups is 1. The van der Waals surface area contributed by atoms with Crippen molar-refractivity contribution in [2.45, 2.75) is 26.3 Å². The van der Waals surface area contributed by atoms with Crippen LogP contribution in [0.3, 0.4) is 0 Å². The van der Waals surface area contributed by atoms with Crippen molar-refractivity contribution in [3.8, 4) is 17.2 Å². The first-order valence-corrected chi connectivity index (χ1v) is 11.4. The monoisotopic (exact) mass is 464 g/mol. The molecule has 1 atom stereocenters. The molecule has 1 fully saturated rings. The third-order valence-electron chi connectivity index (χ3n) is 6.29. The maximum atomic E-state index is 13.2. The summed E-state index contributed by atoms with van der Waals surface area (Å²) in [6.07, 6.45) is 0.432. The Hall–Kier alpha value is -3.61. The fourth-order valence-corrected chi connectivity index (χ4v) is 4.50. The van der Waals surface area contributed by atoms with Gasteiger partial charge in [-0.15, -0.1) is 0 Å². The standard InChI is InChI=1S/C27H32N2O5/c1-18-7-6-8-20(13-18)29-12-11-28(17-19(29)2)27(30)24-10-9-21(34-24)14-23-25(32-4)15-22(31-3)16-26(23)33-5/h6-10,13,15-16,19H,11-12,14,17H2,1-5H3. The Bertz CT molecular complexity index is 1130. The van der Waals surface area contributed by atoms with Crippen LogP contribution >= 0.6 is 0 Å². The first kappa shape index (κ1) is 23.5. The van der Waals surface area contributed by atoms with Gasteiger partial charge in [-0.3, -0.25) is 4.79 Å². The van der Waals surface area contributed by atoms with E-state index in [1.54, 1.807) is 27.4 Å². The van der Waals surface area contributed by atoms with E-state index in [1.165, 1.54) is 11.3 Å². The Morgan fingerprint density at radius 3 is 2.35 bits per heavy atom. The summed E-state index contributed by atoms with van der Waals surface area (Å²) < 4.78 is 22.4. The molecule has 4 rings (SSSR count). The van der Waals surface area contributed by atoms with E-state index >= 15 is 0 Å². The van der Waals surface area contributed by atoms with Crippen molar-refractivity contribution in [2.24, 2.45) is 0 Å². The first-order chi connectivity index (χ1) is 16.4. The van der Waals surface area contributed by atoms with Crippen LogP contribution in [0.2, 0.25) is 0 Å². The Balaban J connectivity index is 1.46. The van der Waals surface area contributed by atoms with E-state index in [1.807, 2.05) is 23.1 Å². The maximum absolute atomic E-state index is 13.2. The van der Waals surface area contributed by atoms with E-state index in [-0.39, 0.29) is 11.9 Å². The number of rotatable bonds is 7. The molecule has 180 valence electrons. The molecule has 0 radical (unpaired) electrons. The van der Waals surface area contributed by atoms with Crippen LogP contribution in [0.25, 0.3) is 0 Å². The lowest BCUT2D eigenvalue weighted by Crippen LogP contribution is -2.53. The number of benzene rings is 2. The van der Waals surface area contributed by atoms with Gasteiger partial charge in [0, 0.05) is 55.5 Å². The number of piperazine rings is 1. The quantitative estimate of drug-likeness (QED) is 0.511. The van der Waals surface area contributed by atoms with Gasteiger partial charge in [-0.05, 0) is 43.7 Å². The molecule has 7 heteroatoms. The van der Waals surface area contributed by atoms with E-state index < -0.39 is 0 Å². The van der Waals surface area contributed by atoms with Crippen LogP contribution in [-0.2, 0) is 6.42 Å². The minimum atomic E-state index is -0.0874. The van der Waals surface area contributed by atoms with Crippen LogP contribution in [0.5, 0.6) is 17.2 Å². The molecule has 1 aliphatic rings. The summed E-state index contributed by atoms with van der Waals surface area (Å²) in [4.78, 5) is 17.4. The van der Waals surface area contributed by atoms with Crippen molar-refractivity contribution in [2.75, 3.05) is 45.9 Å². The molecule has 1 aromatic heterocycles. The van der Waals surface area contributed by atoms with Crippen molar-refractivity contribution >= 4 is 11.6 Å². The van der Waals surface area contributed by atoms with Gasteiger partial charge in [-0.1, -0.05) is 12.1 Å². The number of carbonyl (C=O) groups excluding carboxylic acids is 1. The molecule has 34 heavy (non-hydrogen) atoms. The lowest BCUT2D eigenvalue weighted by Gasteiger charge is -2.41. The average Bonchev–Trinajstić information content (AvgIpc) is 3.32. The number of methoxy groups -OCH3 is 3. The van der Waals surface area contributed by atoms with Crippen LogP contribution in [-0.4, -0.2) is 57.8 Å². The minimum absolute atomic E-state index is 0.0874. The van der Waals surface area contributed by atoms with Gasteiger partial charge < -0.3 is 28.4 Å². The number of anilines is 1. The van der Waals surface area contributed by atoms with Crippen LogP contribution in [0.1, 0.15) is 34.4 Å². The number of aryl methyl sites for hydroxylation is 1. The van der Waals surface area contributed by atoms with Crippen LogP contribution < -0.4 is 19.1 Å². The van der Waals surface area contributed by atoms with Gasteiger partial charge in [0.2, 0.25) is 0 Å². The Kier molecular flexibility index (Phi) is 7.01. The summed E-state index contributed by atoms with van der Waals surface area (Å²) in [7, 11) is 4.80. The molecular weight excluding hydrogens is 432 g/mol. The second-order valence-electron chi connectivity index (χ2n) is 8.59. The molecule has 1 amide bonds. The summed E-state index contributed by atoms with van der Waals surface area (Å²) in [5, 5.41) is 0. The highest BCUT2D eigenvalue weighted by atomic mass is 16.5. The zero-order chi connectivity index (χ0) is 24.2. The van der Waals surface area contributed by atoms with E-state index in [4.69, 9.17) is 18.6 Å². The van der Waals surface area contributed by atoms with Crippen LogP contribution in [0.15, 0.2) is 52.9 Å². The van der Waals surface area contributed by atoms with Gasteiger partial charge in [-0.2, -0.15) is 0 Å². The second kappa shape index (κ2) is 10.1. The largest absolute Gasteiger partial charge is 0.496 e. The van der Waals surface area contributed by atoms with Gasteiger partial charge in [0.15, 0.2) is 5.76 Å². The van der Waals surface area contributed by atoms with Crippen molar-refractivity contribution in [1.29, 1.82) is 0 Å². The number of nitrogens with zero attached hydrogens (tertiary/aromatic N) is 2. The smallest absolute Gasteiger partial charge is 0.289 e. The highest BCUT2D eigenvalue weighted by molar-refractivity contribution is 5.91. The molecule has 3 aromatic rings. The highest BCUT2D eigenvalue weighted by Gasteiger charge is 2.29. The van der Waals surface area contributed by atoms with Crippen molar-refractivity contribution in [1.82, 2.24) is 4.90 Å². The number of furan rings is 1. The molecule has 0 bridgehead atoms. The van der Waals surface area contributed by atoms with Crippen molar-refractivity contribution < 1.29 is 23.4 Å². The SMILES string of the molecule is COc1cc(OC)c(Cc2ccc(C(=O)N3CCN(c4cccc(C)c4)C(C)C3)o2)c(OC)c1. The molecule has 2 aromatic carbocycles. The molecular formula is C27H32N2O5. The Labute approximate surface area is 200 Å². The van der Waals surface area contributed by atoms with Crippen molar-refractivity contribution in [3.05, 3.63) is 71.2 Å². The number of hydrogen-bond acceptors (Lipinski definition) is 6. The Morgan fingerprint density at radius 2 is 1.74 bits per heavy atom. The molecule has 0 N–H and O–H groups in total. The predicted molar refractivity (Wildman–Crippen MR) is 132 cm³/mol. The molecule has 2 heterocycles. The van der Waals surface area contributed by atoms with Gasteiger partial charge in [0.25, 0.3) is 5.91 Å². The van der Waals surface area contributed by atoms with E-state index in [9.17, 15) is 4.79 Å². The fraction of sp³-hybridized carbons (Fsp3) is 0.370. The Morgan fingerprint density at radius 1 is 1.00 bits per heavy atom. The normalized spacial score (nSPS) is 15.9. The minimum Gasteiger partial charge on any atom is -0.496 e. The average molecular weight is 465 g/mol. The maximum Gasteiger partial charge on any atom is 0.289 e. The number of amides is 1. The fourth-order valence-electron chi connectivity index (χ4n) is 4.50. The molecule has 0 spiro atoms. The first-order valence-electron chi connectivity index (χ1n) is 11.4. The zero-order valence-electron chi connectivity index (χ0n) is 20.5.